The maximum Gasteiger partial charge on any atom is -0.00203 e. The van der Waals surface area contributed by atoms with Crippen LogP contribution in [0.15, 0.2) is 206 Å². The highest BCUT2D eigenvalue weighted by Gasteiger charge is 2.18. The van der Waals surface area contributed by atoms with Crippen molar-refractivity contribution in [3.63, 3.8) is 0 Å². The van der Waals surface area contributed by atoms with E-state index in [1.165, 1.54) is 120 Å². The second kappa shape index (κ2) is 12.1. The van der Waals surface area contributed by atoms with Gasteiger partial charge in [-0.3, -0.25) is 0 Å². The number of benzene rings is 12. The molecule has 12 aromatic carbocycles. The molecule has 0 fully saturated rings. The smallest absolute Gasteiger partial charge is 0.00203 e. The van der Waals surface area contributed by atoms with Crippen LogP contribution in [0, 0.1) is 0 Å². The Balaban J connectivity index is 1.02. The van der Waals surface area contributed by atoms with Crippen LogP contribution < -0.4 is 0 Å². The molecule has 12 aromatic rings. The van der Waals surface area contributed by atoms with Crippen molar-refractivity contribution in [1.29, 1.82) is 0 Å². The third-order valence-electron chi connectivity index (χ3n) is 12.2. The summed E-state index contributed by atoms with van der Waals surface area (Å²) in [5, 5.41) is 18.0. The van der Waals surface area contributed by atoms with Crippen LogP contribution in [0.3, 0.4) is 0 Å². The van der Waals surface area contributed by atoms with Crippen molar-refractivity contribution in [2.45, 2.75) is 0 Å². The van der Waals surface area contributed by atoms with Crippen molar-refractivity contribution in [3.8, 4) is 44.5 Å². The van der Waals surface area contributed by atoms with Crippen LogP contribution >= 0.6 is 0 Å². The molecular weight excluding hydrogens is 673 g/mol. The maximum atomic E-state index is 2.38. The first-order valence-corrected chi connectivity index (χ1v) is 19.5. The molecule has 0 spiro atoms. The lowest BCUT2D eigenvalue weighted by molar-refractivity contribution is 1.63. The Morgan fingerprint density at radius 1 is 0.179 bits per heavy atom. The van der Waals surface area contributed by atoms with E-state index in [2.05, 4.69) is 206 Å². The van der Waals surface area contributed by atoms with Gasteiger partial charge in [0.2, 0.25) is 0 Å². The van der Waals surface area contributed by atoms with E-state index in [0.717, 1.165) is 0 Å². The van der Waals surface area contributed by atoms with E-state index in [-0.39, 0.29) is 0 Å². The third kappa shape index (κ3) is 4.60. The number of hydrogen-bond acceptors (Lipinski definition) is 0. The summed E-state index contributed by atoms with van der Waals surface area (Å²) in [4.78, 5) is 0. The van der Waals surface area contributed by atoms with E-state index in [1.54, 1.807) is 0 Å². The van der Waals surface area contributed by atoms with E-state index < -0.39 is 0 Å². The van der Waals surface area contributed by atoms with Crippen LogP contribution in [-0.4, -0.2) is 0 Å². The molecule has 0 N–H and O–H groups in total. The summed E-state index contributed by atoms with van der Waals surface area (Å²) in [6, 6.07) is 76.6. The highest BCUT2D eigenvalue weighted by atomic mass is 14.2. The normalized spacial score (nSPS) is 11.9. The Labute approximate surface area is 324 Å². The van der Waals surface area contributed by atoms with Gasteiger partial charge in [0.05, 0.1) is 0 Å². The summed E-state index contributed by atoms with van der Waals surface area (Å²) in [7, 11) is 0. The van der Waals surface area contributed by atoms with Gasteiger partial charge in [0.15, 0.2) is 0 Å². The first-order chi connectivity index (χ1) is 27.8. The zero-order valence-electron chi connectivity index (χ0n) is 30.6. The largest absolute Gasteiger partial charge is 0.0616 e. The molecule has 0 saturated heterocycles. The average Bonchev–Trinajstić information content (AvgIpc) is 3.27. The quantitative estimate of drug-likeness (QED) is 0.160. The van der Waals surface area contributed by atoms with Crippen molar-refractivity contribution in [2.75, 3.05) is 0 Å². The molecule has 0 heteroatoms. The number of hydrogen-bond donors (Lipinski definition) is 0. The highest BCUT2D eigenvalue weighted by Crippen LogP contribution is 2.46. The molecule has 0 radical (unpaired) electrons. The molecule has 0 aliphatic carbocycles. The Hall–Kier alpha value is -7.28. The molecule has 0 saturated carbocycles. The molecule has 0 atom stereocenters. The van der Waals surface area contributed by atoms with Crippen LogP contribution in [0.2, 0.25) is 0 Å². The monoisotopic (exact) mass is 706 g/mol. The molecule has 258 valence electrons. The predicted octanol–water partition coefficient (Wildman–Crippen LogP) is 15.9. The molecule has 0 nitrogen and oxygen atoms in total. The van der Waals surface area contributed by atoms with Gasteiger partial charge in [-0.1, -0.05) is 194 Å². The standard InChI is InChI=1S/C56H34/c1-3-13-41-39(11-1)33-53(47-18-8-5-15-44(41)47)36-23-21-35(22-24-36)43-29-25-37-28-32-52-50(30-26-38-27-31-51(43)55(37)56(38)52)46-17-7-10-20-49(46)54-34-40-12-2-4-14-42(40)45-16-6-9-19-48(45)54/h1-34H. The first-order valence-electron chi connectivity index (χ1n) is 19.5. The third-order valence-corrected chi connectivity index (χ3v) is 12.2. The molecular formula is C56H34. The minimum atomic E-state index is 1.23. The average molecular weight is 707 g/mol. The van der Waals surface area contributed by atoms with E-state index in [4.69, 9.17) is 0 Å². The van der Waals surface area contributed by atoms with Crippen molar-refractivity contribution in [3.05, 3.63) is 206 Å². The lowest BCUT2D eigenvalue weighted by Crippen LogP contribution is -1.92. The van der Waals surface area contributed by atoms with E-state index >= 15 is 0 Å². The van der Waals surface area contributed by atoms with E-state index in [0.29, 0.717) is 0 Å². The van der Waals surface area contributed by atoms with E-state index in [9.17, 15) is 0 Å². The number of rotatable bonds is 4. The SMILES string of the molecule is c1ccc(-c2ccc3ccc4c(-c5ccc(-c6cc7ccccc7c7ccccc67)cc5)ccc5ccc2c3c54)c(-c2cc3ccccc3c3ccccc23)c1. The van der Waals surface area contributed by atoms with Crippen LogP contribution in [-0.2, 0) is 0 Å². The van der Waals surface area contributed by atoms with Gasteiger partial charge in [-0.15, -0.1) is 0 Å². The summed E-state index contributed by atoms with van der Waals surface area (Å²) in [6.07, 6.45) is 0. The fourth-order valence-corrected chi connectivity index (χ4v) is 9.64. The Morgan fingerprint density at radius 3 is 1.16 bits per heavy atom. The lowest BCUT2D eigenvalue weighted by Gasteiger charge is -2.19. The van der Waals surface area contributed by atoms with Gasteiger partial charge in [-0.05, 0) is 132 Å². The Kier molecular flexibility index (Phi) is 6.73. The van der Waals surface area contributed by atoms with Crippen molar-refractivity contribution in [2.24, 2.45) is 0 Å². The summed E-state index contributed by atoms with van der Waals surface area (Å²) in [5.41, 5.74) is 10.0. The summed E-state index contributed by atoms with van der Waals surface area (Å²) in [6.45, 7) is 0. The molecule has 0 aliphatic heterocycles. The van der Waals surface area contributed by atoms with Gasteiger partial charge in [0.1, 0.15) is 0 Å². The van der Waals surface area contributed by atoms with Gasteiger partial charge in [-0.2, -0.15) is 0 Å². The van der Waals surface area contributed by atoms with Gasteiger partial charge in [-0.25, -0.2) is 0 Å². The van der Waals surface area contributed by atoms with Gasteiger partial charge in [0, 0.05) is 0 Å². The molecule has 0 amide bonds. The van der Waals surface area contributed by atoms with Crippen molar-refractivity contribution in [1.82, 2.24) is 0 Å². The topological polar surface area (TPSA) is 0 Å². The minimum absolute atomic E-state index is 1.23. The minimum Gasteiger partial charge on any atom is -0.0616 e. The highest BCUT2D eigenvalue weighted by molar-refractivity contribution is 6.28. The van der Waals surface area contributed by atoms with Crippen LogP contribution in [0.25, 0.3) is 120 Å². The summed E-state index contributed by atoms with van der Waals surface area (Å²) < 4.78 is 0. The summed E-state index contributed by atoms with van der Waals surface area (Å²) in [5.74, 6) is 0. The predicted molar refractivity (Wildman–Crippen MR) is 242 cm³/mol. The molecule has 12 rings (SSSR count). The van der Waals surface area contributed by atoms with Crippen LogP contribution in [0.4, 0.5) is 0 Å². The van der Waals surface area contributed by atoms with Crippen LogP contribution in [0.5, 0.6) is 0 Å². The maximum absolute atomic E-state index is 2.38. The molecule has 0 aliphatic rings. The lowest BCUT2D eigenvalue weighted by atomic mass is 9.84. The second-order valence-corrected chi connectivity index (χ2v) is 15.2. The molecule has 0 aromatic heterocycles. The molecule has 0 heterocycles. The molecule has 0 bridgehead atoms. The van der Waals surface area contributed by atoms with Crippen molar-refractivity contribution >= 4 is 75.4 Å². The molecule has 56 heavy (non-hydrogen) atoms. The van der Waals surface area contributed by atoms with Gasteiger partial charge < -0.3 is 0 Å². The fourth-order valence-electron chi connectivity index (χ4n) is 9.64. The zero-order valence-corrected chi connectivity index (χ0v) is 30.6. The van der Waals surface area contributed by atoms with E-state index in [1.807, 2.05) is 0 Å². The Morgan fingerprint density at radius 2 is 0.571 bits per heavy atom. The van der Waals surface area contributed by atoms with Crippen molar-refractivity contribution < 1.29 is 0 Å². The van der Waals surface area contributed by atoms with Crippen LogP contribution in [0.1, 0.15) is 0 Å². The van der Waals surface area contributed by atoms with Gasteiger partial charge >= 0.3 is 0 Å². The second-order valence-electron chi connectivity index (χ2n) is 15.2. The number of fused-ring (bicyclic) bond motifs is 6. The zero-order chi connectivity index (χ0) is 36.7. The summed E-state index contributed by atoms with van der Waals surface area (Å²) >= 11 is 0. The molecule has 0 unspecified atom stereocenters. The fraction of sp³-hybridized carbons (Fsp3) is 0. The Bertz CT molecular complexity index is 3510. The first kappa shape index (κ1) is 31.1. The van der Waals surface area contributed by atoms with Gasteiger partial charge in [0.25, 0.3) is 0 Å².